The van der Waals surface area contributed by atoms with Gasteiger partial charge in [0.05, 0.1) is 12.4 Å². The summed E-state index contributed by atoms with van der Waals surface area (Å²) in [5.41, 5.74) is 0.825. The number of sulfonamides is 1. The van der Waals surface area contributed by atoms with Crippen LogP contribution in [0.3, 0.4) is 0 Å². The van der Waals surface area contributed by atoms with Crippen molar-refractivity contribution in [1.82, 2.24) is 24.2 Å². The van der Waals surface area contributed by atoms with Crippen molar-refractivity contribution in [3.05, 3.63) is 36.3 Å². The van der Waals surface area contributed by atoms with E-state index in [1.807, 2.05) is 6.92 Å². The maximum atomic E-state index is 12.7. The molecule has 0 aliphatic heterocycles. The summed E-state index contributed by atoms with van der Waals surface area (Å²) in [6.45, 7) is 6.75. The second-order valence-electron chi connectivity index (χ2n) is 6.80. The molecule has 8 heteroatoms. The molecular formula is C16H23N5O2S. The Morgan fingerprint density at radius 1 is 1.33 bits per heavy atom. The lowest BCUT2D eigenvalue weighted by atomic mass is 10.2. The van der Waals surface area contributed by atoms with E-state index in [1.54, 1.807) is 29.4 Å². The van der Waals surface area contributed by atoms with Gasteiger partial charge in [0.25, 0.3) is 10.0 Å². The number of nitrogens with one attached hydrogen (secondary N) is 1. The minimum atomic E-state index is -3.70. The summed E-state index contributed by atoms with van der Waals surface area (Å²) in [6, 6.07) is 1.40. The molecule has 7 nitrogen and oxygen atoms in total. The second kappa shape index (κ2) is 6.60. The fourth-order valence-corrected chi connectivity index (χ4v) is 3.85. The van der Waals surface area contributed by atoms with Gasteiger partial charge < -0.3 is 4.57 Å². The molecule has 2 heterocycles. The van der Waals surface area contributed by atoms with Crippen molar-refractivity contribution in [3.8, 4) is 0 Å². The summed E-state index contributed by atoms with van der Waals surface area (Å²) in [4.78, 5) is 12.7. The molecule has 1 saturated carbocycles. The molecule has 0 bridgehead atoms. The normalized spacial score (nSPS) is 16.5. The molecule has 2 aromatic heterocycles. The Hall–Kier alpha value is -1.80. The second-order valence-corrected chi connectivity index (χ2v) is 8.46. The highest BCUT2D eigenvalue weighted by Gasteiger charge is 2.37. The van der Waals surface area contributed by atoms with Crippen LogP contribution in [-0.2, 0) is 16.6 Å². The molecule has 1 aliphatic rings. The van der Waals surface area contributed by atoms with Crippen molar-refractivity contribution in [2.24, 2.45) is 11.8 Å². The van der Waals surface area contributed by atoms with Crippen molar-refractivity contribution in [1.29, 1.82) is 0 Å². The van der Waals surface area contributed by atoms with Crippen molar-refractivity contribution >= 4 is 10.0 Å². The lowest BCUT2D eigenvalue weighted by Gasteiger charge is -2.16. The zero-order valence-electron chi connectivity index (χ0n) is 14.2. The van der Waals surface area contributed by atoms with E-state index in [0.717, 1.165) is 25.1 Å². The highest BCUT2D eigenvalue weighted by atomic mass is 32.2. The third-order valence-corrected chi connectivity index (χ3v) is 5.25. The van der Waals surface area contributed by atoms with Crippen LogP contribution in [0.4, 0.5) is 0 Å². The highest BCUT2D eigenvalue weighted by molar-refractivity contribution is 7.89. The van der Waals surface area contributed by atoms with Crippen LogP contribution in [0.1, 0.15) is 44.2 Å². The van der Waals surface area contributed by atoms with E-state index in [2.05, 4.69) is 33.5 Å². The van der Waals surface area contributed by atoms with Gasteiger partial charge in [0, 0.05) is 24.6 Å². The van der Waals surface area contributed by atoms with Crippen LogP contribution in [0.25, 0.3) is 0 Å². The molecule has 0 spiro atoms. The topological polar surface area (TPSA) is 89.8 Å². The van der Waals surface area contributed by atoms with Gasteiger partial charge in [-0.15, -0.1) is 0 Å². The molecule has 1 unspecified atom stereocenters. The Bertz CT molecular complexity index is 811. The van der Waals surface area contributed by atoms with Gasteiger partial charge in [0.2, 0.25) is 0 Å². The zero-order chi connectivity index (χ0) is 17.3. The van der Waals surface area contributed by atoms with Gasteiger partial charge in [-0.1, -0.05) is 13.8 Å². The monoisotopic (exact) mass is 349 g/mol. The summed E-state index contributed by atoms with van der Waals surface area (Å²) in [6.07, 6.45) is 6.75. The predicted octanol–water partition coefficient (Wildman–Crippen LogP) is 2.07. The Kier molecular flexibility index (Phi) is 4.69. The van der Waals surface area contributed by atoms with Crippen molar-refractivity contribution in [2.75, 3.05) is 0 Å². The fourth-order valence-electron chi connectivity index (χ4n) is 2.63. The highest BCUT2D eigenvalue weighted by Crippen LogP contribution is 2.40. The maximum Gasteiger partial charge on any atom is 0.260 e. The van der Waals surface area contributed by atoms with Crippen LogP contribution in [-0.4, -0.2) is 27.9 Å². The molecule has 1 atom stereocenters. The lowest BCUT2D eigenvalue weighted by molar-refractivity contribution is 0.506. The van der Waals surface area contributed by atoms with E-state index in [1.165, 1.54) is 0 Å². The molecule has 0 aromatic carbocycles. The minimum absolute atomic E-state index is 0.0430. The van der Waals surface area contributed by atoms with Crippen molar-refractivity contribution in [3.63, 3.8) is 0 Å². The average Bonchev–Trinajstić information content (AvgIpc) is 3.23. The summed E-state index contributed by atoms with van der Waals surface area (Å²) in [5, 5.41) is 0.0430. The first-order valence-electron chi connectivity index (χ1n) is 8.19. The van der Waals surface area contributed by atoms with E-state index in [9.17, 15) is 8.42 Å². The van der Waals surface area contributed by atoms with Crippen LogP contribution in [0, 0.1) is 18.8 Å². The van der Waals surface area contributed by atoms with Crippen LogP contribution >= 0.6 is 0 Å². The maximum absolute atomic E-state index is 12.7. The van der Waals surface area contributed by atoms with E-state index >= 15 is 0 Å². The quantitative estimate of drug-likeness (QED) is 0.826. The molecule has 0 radical (unpaired) electrons. The van der Waals surface area contributed by atoms with Gasteiger partial charge in [-0.25, -0.2) is 23.4 Å². The van der Waals surface area contributed by atoms with Gasteiger partial charge in [-0.2, -0.15) is 4.72 Å². The molecule has 24 heavy (non-hydrogen) atoms. The third kappa shape index (κ3) is 3.99. The molecule has 2 aromatic rings. The molecule has 130 valence electrons. The Labute approximate surface area is 142 Å². The third-order valence-electron chi connectivity index (χ3n) is 3.93. The predicted molar refractivity (Wildman–Crippen MR) is 89.6 cm³/mol. The summed E-state index contributed by atoms with van der Waals surface area (Å²) >= 11 is 0. The van der Waals surface area contributed by atoms with Crippen molar-refractivity contribution < 1.29 is 8.42 Å². The Balaban J connectivity index is 1.82. The molecule has 3 rings (SSSR count). The smallest absolute Gasteiger partial charge is 0.260 e. The van der Waals surface area contributed by atoms with Crippen molar-refractivity contribution in [2.45, 2.75) is 51.2 Å². The number of hydrogen-bond donors (Lipinski definition) is 1. The summed E-state index contributed by atoms with van der Waals surface area (Å²) < 4.78 is 29.9. The number of imidazole rings is 1. The first-order chi connectivity index (χ1) is 11.3. The molecule has 0 saturated heterocycles. The number of aromatic nitrogens is 4. The van der Waals surface area contributed by atoms with E-state index in [4.69, 9.17) is 0 Å². The van der Waals surface area contributed by atoms with Crippen LogP contribution in [0.15, 0.2) is 29.8 Å². The van der Waals surface area contributed by atoms with E-state index < -0.39 is 16.1 Å². The first-order valence-corrected chi connectivity index (χ1v) is 9.67. The van der Waals surface area contributed by atoms with Crippen LogP contribution in [0.2, 0.25) is 0 Å². The Morgan fingerprint density at radius 3 is 2.71 bits per heavy atom. The molecular weight excluding hydrogens is 326 g/mol. The number of hydrogen-bond acceptors (Lipinski definition) is 5. The first kappa shape index (κ1) is 17.0. The van der Waals surface area contributed by atoms with Gasteiger partial charge in [0.1, 0.15) is 5.82 Å². The molecule has 1 aliphatic carbocycles. The fraction of sp³-hybridized carbons (Fsp3) is 0.562. The summed E-state index contributed by atoms with van der Waals surface area (Å²) in [5.74, 6) is 1.20. The van der Waals surface area contributed by atoms with Gasteiger partial charge in [-0.3, -0.25) is 0 Å². The van der Waals surface area contributed by atoms with Crippen LogP contribution in [0.5, 0.6) is 0 Å². The van der Waals surface area contributed by atoms with E-state index in [0.29, 0.717) is 11.7 Å². The average molecular weight is 349 g/mol. The summed E-state index contributed by atoms with van der Waals surface area (Å²) in [7, 11) is -3.70. The Morgan fingerprint density at radius 2 is 2.08 bits per heavy atom. The minimum Gasteiger partial charge on any atom is -0.336 e. The van der Waals surface area contributed by atoms with Gasteiger partial charge in [0.15, 0.2) is 5.03 Å². The number of nitrogens with zero attached hydrogens (tertiary/aromatic N) is 4. The number of rotatable bonds is 7. The molecule has 1 fully saturated rings. The number of aryl methyl sites for hydroxylation is 1. The zero-order valence-corrected chi connectivity index (χ0v) is 15.0. The SMILES string of the molecule is Cc1ccnc(C(NS(=O)(=O)c2cn(CC(C)C)cn2)C2CC2)n1. The lowest BCUT2D eigenvalue weighted by Crippen LogP contribution is -2.31. The van der Waals surface area contributed by atoms with Gasteiger partial charge >= 0.3 is 0 Å². The van der Waals surface area contributed by atoms with E-state index in [-0.39, 0.29) is 10.9 Å². The molecule has 1 N–H and O–H groups in total. The van der Waals surface area contributed by atoms with Crippen LogP contribution < -0.4 is 4.72 Å². The largest absolute Gasteiger partial charge is 0.336 e. The standard InChI is InChI=1S/C16H23N5O2S/c1-11(2)8-21-9-14(18-10-21)24(22,23)20-15(13-4-5-13)16-17-7-6-12(3)19-16/h6-7,9-11,13,15,20H,4-5,8H2,1-3H3. The molecule has 0 amide bonds. The van der Waals surface area contributed by atoms with Gasteiger partial charge in [-0.05, 0) is 37.7 Å².